The van der Waals surface area contributed by atoms with Crippen LogP contribution >= 0.6 is 23.4 Å². The predicted molar refractivity (Wildman–Crippen MR) is 91.3 cm³/mol. The van der Waals surface area contributed by atoms with Crippen LogP contribution in [0.3, 0.4) is 0 Å². The lowest BCUT2D eigenvalue weighted by Crippen LogP contribution is -2.49. The summed E-state index contributed by atoms with van der Waals surface area (Å²) >= 11 is 8.03. The zero-order valence-corrected chi connectivity index (χ0v) is 14.2. The predicted octanol–water partition coefficient (Wildman–Crippen LogP) is 4.44. The summed E-state index contributed by atoms with van der Waals surface area (Å²) in [5.41, 5.74) is 1.46. The molecule has 1 spiro atoms. The van der Waals surface area contributed by atoms with E-state index in [1.165, 1.54) is 29.9 Å². The maximum Gasteiger partial charge on any atom is 0.0713 e. The molecule has 116 valence electrons. The molecule has 2 atom stereocenters. The van der Waals surface area contributed by atoms with Gasteiger partial charge in [0.15, 0.2) is 0 Å². The van der Waals surface area contributed by atoms with E-state index in [0.717, 1.165) is 24.5 Å². The second-order valence-electron chi connectivity index (χ2n) is 6.27. The van der Waals surface area contributed by atoms with E-state index < -0.39 is 0 Å². The third kappa shape index (κ3) is 3.95. The van der Waals surface area contributed by atoms with E-state index in [4.69, 9.17) is 16.3 Å². The van der Waals surface area contributed by atoms with Gasteiger partial charge in [0, 0.05) is 23.7 Å². The number of thioether (sulfide) groups is 1. The van der Waals surface area contributed by atoms with Crippen LogP contribution in [-0.2, 0) is 4.74 Å². The Hall–Kier alpha value is -0.220. The standard InChI is InChI=1S/C17H24ClNOS/c1-13(14-2-4-15(18)5-3-14)19-16-6-9-20-17(12-16)7-10-21-11-8-17/h2-5,13,16,19H,6-12H2,1H3. The van der Waals surface area contributed by atoms with Crippen molar-refractivity contribution in [2.24, 2.45) is 0 Å². The normalized spacial score (nSPS) is 26.7. The van der Waals surface area contributed by atoms with Crippen molar-refractivity contribution >= 4 is 23.4 Å². The maximum atomic E-state index is 6.17. The molecule has 0 bridgehead atoms. The Kier molecular flexibility index (Phi) is 5.15. The first kappa shape index (κ1) is 15.7. The molecule has 2 heterocycles. The molecule has 1 aromatic carbocycles. The second-order valence-corrected chi connectivity index (χ2v) is 7.93. The topological polar surface area (TPSA) is 21.3 Å². The highest BCUT2D eigenvalue weighted by Gasteiger charge is 2.38. The molecule has 0 aromatic heterocycles. The molecule has 2 nitrogen and oxygen atoms in total. The van der Waals surface area contributed by atoms with Crippen molar-refractivity contribution in [3.8, 4) is 0 Å². The van der Waals surface area contributed by atoms with Crippen LogP contribution in [-0.4, -0.2) is 29.8 Å². The number of halogens is 1. The number of benzene rings is 1. The lowest BCUT2D eigenvalue weighted by atomic mass is 9.85. The average Bonchev–Trinajstić information content (AvgIpc) is 2.49. The van der Waals surface area contributed by atoms with Crippen LogP contribution in [0.5, 0.6) is 0 Å². The van der Waals surface area contributed by atoms with Gasteiger partial charge in [-0.15, -0.1) is 0 Å². The van der Waals surface area contributed by atoms with Gasteiger partial charge >= 0.3 is 0 Å². The minimum atomic E-state index is 0.154. The summed E-state index contributed by atoms with van der Waals surface area (Å²) in [7, 11) is 0. The van der Waals surface area contributed by atoms with Crippen LogP contribution in [0.4, 0.5) is 0 Å². The summed E-state index contributed by atoms with van der Waals surface area (Å²) < 4.78 is 6.17. The van der Waals surface area contributed by atoms with Gasteiger partial charge in [-0.3, -0.25) is 0 Å². The summed E-state index contributed by atoms with van der Waals surface area (Å²) in [5.74, 6) is 2.50. The Morgan fingerprint density at radius 1 is 1.29 bits per heavy atom. The van der Waals surface area contributed by atoms with Crippen LogP contribution in [0.25, 0.3) is 0 Å². The molecule has 2 unspecified atom stereocenters. The number of ether oxygens (including phenoxy) is 1. The molecule has 2 fully saturated rings. The summed E-state index contributed by atoms with van der Waals surface area (Å²) in [5, 5.41) is 4.60. The monoisotopic (exact) mass is 325 g/mol. The van der Waals surface area contributed by atoms with Crippen LogP contribution in [0, 0.1) is 0 Å². The van der Waals surface area contributed by atoms with Gasteiger partial charge < -0.3 is 10.1 Å². The van der Waals surface area contributed by atoms with E-state index in [-0.39, 0.29) is 5.60 Å². The molecular weight excluding hydrogens is 302 g/mol. The Morgan fingerprint density at radius 3 is 2.71 bits per heavy atom. The van der Waals surface area contributed by atoms with Crippen molar-refractivity contribution in [1.82, 2.24) is 5.32 Å². The first-order valence-electron chi connectivity index (χ1n) is 7.90. The van der Waals surface area contributed by atoms with E-state index in [9.17, 15) is 0 Å². The molecule has 2 aliphatic rings. The Balaban J connectivity index is 1.60. The molecule has 0 saturated carbocycles. The van der Waals surface area contributed by atoms with E-state index in [0.29, 0.717) is 12.1 Å². The fraction of sp³-hybridized carbons (Fsp3) is 0.647. The number of rotatable bonds is 3. The van der Waals surface area contributed by atoms with Gasteiger partial charge in [-0.25, -0.2) is 0 Å². The zero-order valence-electron chi connectivity index (χ0n) is 12.6. The number of nitrogens with one attached hydrogen (secondary N) is 1. The zero-order chi connectivity index (χ0) is 14.7. The second kappa shape index (κ2) is 6.91. The van der Waals surface area contributed by atoms with E-state index in [1.54, 1.807) is 0 Å². The molecule has 3 rings (SSSR count). The first-order valence-corrected chi connectivity index (χ1v) is 9.43. The quantitative estimate of drug-likeness (QED) is 0.888. The average molecular weight is 326 g/mol. The lowest BCUT2D eigenvalue weighted by molar-refractivity contribution is -0.0940. The van der Waals surface area contributed by atoms with Gasteiger partial charge in [-0.05, 0) is 61.8 Å². The van der Waals surface area contributed by atoms with Crippen molar-refractivity contribution in [2.45, 2.75) is 50.3 Å². The van der Waals surface area contributed by atoms with E-state index >= 15 is 0 Å². The van der Waals surface area contributed by atoms with Gasteiger partial charge in [0.05, 0.1) is 5.60 Å². The molecule has 0 radical (unpaired) electrons. The largest absolute Gasteiger partial charge is 0.375 e. The van der Waals surface area contributed by atoms with Crippen LogP contribution in [0.2, 0.25) is 5.02 Å². The van der Waals surface area contributed by atoms with Crippen molar-refractivity contribution < 1.29 is 4.74 Å². The Morgan fingerprint density at radius 2 is 2.00 bits per heavy atom. The van der Waals surface area contributed by atoms with E-state index in [1.807, 2.05) is 12.1 Å². The molecule has 0 aliphatic carbocycles. The molecule has 0 amide bonds. The van der Waals surface area contributed by atoms with Gasteiger partial charge in [0.25, 0.3) is 0 Å². The number of hydrogen-bond acceptors (Lipinski definition) is 3. The highest BCUT2D eigenvalue weighted by atomic mass is 35.5. The molecule has 2 aliphatic heterocycles. The fourth-order valence-corrected chi connectivity index (χ4v) is 4.83. The summed E-state index contributed by atoms with van der Waals surface area (Å²) in [6.45, 7) is 3.14. The van der Waals surface area contributed by atoms with Gasteiger partial charge in [0.2, 0.25) is 0 Å². The molecule has 1 N–H and O–H groups in total. The maximum absolute atomic E-state index is 6.17. The van der Waals surface area contributed by atoms with Crippen molar-refractivity contribution in [2.75, 3.05) is 18.1 Å². The van der Waals surface area contributed by atoms with Gasteiger partial charge in [-0.2, -0.15) is 11.8 Å². The lowest BCUT2D eigenvalue weighted by Gasteiger charge is -2.44. The smallest absolute Gasteiger partial charge is 0.0713 e. The minimum absolute atomic E-state index is 0.154. The van der Waals surface area contributed by atoms with Crippen LogP contribution in [0.15, 0.2) is 24.3 Å². The third-order valence-electron chi connectivity index (χ3n) is 4.75. The van der Waals surface area contributed by atoms with Crippen molar-refractivity contribution in [3.63, 3.8) is 0 Å². The molecular formula is C17H24ClNOS. The summed E-state index contributed by atoms with van der Waals surface area (Å²) in [4.78, 5) is 0. The van der Waals surface area contributed by atoms with Gasteiger partial charge in [0.1, 0.15) is 0 Å². The molecule has 2 saturated heterocycles. The first-order chi connectivity index (χ1) is 10.2. The number of hydrogen-bond donors (Lipinski definition) is 1. The van der Waals surface area contributed by atoms with Gasteiger partial charge in [-0.1, -0.05) is 23.7 Å². The van der Waals surface area contributed by atoms with E-state index in [2.05, 4.69) is 36.1 Å². The van der Waals surface area contributed by atoms with Crippen molar-refractivity contribution in [1.29, 1.82) is 0 Å². The highest BCUT2D eigenvalue weighted by molar-refractivity contribution is 7.99. The summed E-state index contributed by atoms with van der Waals surface area (Å²) in [6, 6.07) is 9.10. The highest BCUT2D eigenvalue weighted by Crippen LogP contribution is 2.38. The minimum Gasteiger partial charge on any atom is -0.375 e. The SMILES string of the molecule is CC(NC1CCOC2(CCSCC2)C1)c1ccc(Cl)cc1. The van der Waals surface area contributed by atoms with Crippen molar-refractivity contribution in [3.05, 3.63) is 34.9 Å². The fourth-order valence-electron chi connectivity index (χ4n) is 3.46. The Bertz CT molecular complexity index is 453. The molecule has 4 heteroatoms. The van der Waals surface area contributed by atoms with Crippen LogP contribution < -0.4 is 5.32 Å². The summed E-state index contributed by atoms with van der Waals surface area (Å²) in [6.07, 6.45) is 4.70. The molecule has 21 heavy (non-hydrogen) atoms. The third-order valence-corrected chi connectivity index (χ3v) is 5.99. The Labute approximate surface area is 137 Å². The molecule has 1 aromatic rings. The van der Waals surface area contributed by atoms with Crippen LogP contribution in [0.1, 0.15) is 44.2 Å².